The van der Waals surface area contributed by atoms with E-state index >= 15 is 0 Å². The third kappa shape index (κ3) is 6.85. The summed E-state index contributed by atoms with van der Waals surface area (Å²) < 4.78 is 29.2. The molecule has 5 nitrogen and oxygen atoms in total. The van der Waals surface area contributed by atoms with Crippen molar-refractivity contribution in [2.45, 2.75) is 20.8 Å². The Hall–Kier alpha value is -0.620. The van der Waals surface area contributed by atoms with Crippen molar-refractivity contribution < 1.29 is 17.9 Å². The molecule has 1 N–H and O–H groups in total. The van der Waals surface area contributed by atoms with Crippen LogP contribution in [-0.4, -0.2) is 33.3 Å². The van der Waals surface area contributed by atoms with E-state index in [0.29, 0.717) is 0 Å². The number of rotatable bonds is 6. The van der Waals surface area contributed by atoms with Gasteiger partial charge in [-0.2, -0.15) is 0 Å². The van der Waals surface area contributed by atoms with E-state index in [1.54, 1.807) is 20.8 Å². The van der Waals surface area contributed by atoms with E-state index < -0.39 is 16.0 Å². The fourth-order valence-electron chi connectivity index (χ4n) is 0.879. The largest absolute Gasteiger partial charge is 0.465 e. The molecule has 0 saturated carbocycles. The highest BCUT2D eigenvalue weighted by Crippen LogP contribution is 1.96. The van der Waals surface area contributed by atoms with Gasteiger partial charge in [-0.1, -0.05) is 13.8 Å². The summed E-state index contributed by atoms with van der Waals surface area (Å²) in [5.41, 5.74) is 0. The molecule has 14 heavy (non-hydrogen) atoms. The lowest BCUT2D eigenvalue weighted by Gasteiger charge is -2.07. The van der Waals surface area contributed by atoms with E-state index in [4.69, 9.17) is 0 Å². The van der Waals surface area contributed by atoms with Crippen molar-refractivity contribution in [1.29, 1.82) is 0 Å². The standard InChI is InChI=1S/C8H17NO4S/c1-4-13-8(10)5-9-14(11,12)6-7(2)3/h7,9H,4-6H2,1-3H3. The fraction of sp³-hybridized carbons (Fsp3) is 0.875. The Kier molecular flexibility index (Phi) is 5.71. The summed E-state index contributed by atoms with van der Waals surface area (Å²) in [5, 5.41) is 0. The molecule has 0 atom stereocenters. The first kappa shape index (κ1) is 13.4. The van der Waals surface area contributed by atoms with Gasteiger partial charge >= 0.3 is 5.97 Å². The Morgan fingerprint density at radius 2 is 2.00 bits per heavy atom. The number of carbonyl (C=O) groups is 1. The molecular formula is C8H17NO4S. The Balaban J connectivity index is 3.94. The first-order valence-electron chi connectivity index (χ1n) is 4.50. The van der Waals surface area contributed by atoms with E-state index in [1.807, 2.05) is 0 Å². The van der Waals surface area contributed by atoms with Crippen molar-refractivity contribution in [1.82, 2.24) is 4.72 Å². The number of hydrogen-bond donors (Lipinski definition) is 1. The SMILES string of the molecule is CCOC(=O)CNS(=O)(=O)CC(C)C. The third-order valence-corrected chi connectivity index (χ3v) is 2.98. The van der Waals surface area contributed by atoms with Gasteiger partial charge in [-0.05, 0) is 12.8 Å². The van der Waals surface area contributed by atoms with Crippen LogP contribution in [0.4, 0.5) is 0 Å². The topological polar surface area (TPSA) is 72.5 Å². The van der Waals surface area contributed by atoms with Crippen LogP contribution in [0.5, 0.6) is 0 Å². The zero-order valence-electron chi connectivity index (χ0n) is 8.74. The van der Waals surface area contributed by atoms with Gasteiger partial charge in [0.15, 0.2) is 0 Å². The zero-order valence-corrected chi connectivity index (χ0v) is 9.56. The van der Waals surface area contributed by atoms with Crippen molar-refractivity contribution in [3.63, 3.8) is 0 Å². The van der Waals surface area contributed by atoms with E-state index in [2.05, 4.69) is 9.46 Å². The van der Waals surface area contributed by atoms with Gasteiger partial charge < -0.3 is 4.74 Å². The van der Waals surface area contributed by atoms with Crippen LogP contribution in [-0.2, 0) is 19.6 Å². The Morgan fingerprint density at radius 3 is 2.43 bits per heavy atom. The average Bonchev–Trinajstić information content (AvgIpc) is 1.99. The zero-order chi connectivity index (χ0) is 11.2. The quantitative estimate of drug-likeness (QED) is 0.649. The van der Waals surface area contributed by atoms with Crippen molar-refractivity contribution in [2.75, 3.05) is 18.9 Å². The summed E-state index contributed by atoms with van der Waals surface area (Å²) in [6, 6.07) is 0. The van der Waals surface area contributed by atoms with Crippen LogP contribution in [0.1, 0.15) is 20.8 Å². The van der Waals surface area contributed by atoms with Gasteiger partial charge in [0.1, 0.15) is 6.54 Å². The Labute approximate surface area is 84.9 Å². The third-order valence-electron chi connectivity index (χ3n) is 1.29. The predicted molar refractivity (Wildman–Crippen MR) is 53.3 cm³/mol. The molecule has 0 aromatic heterocycles. The van der Waals surface area contributed by atoms with Crippen molar-refractivity contribution in [2.24, 2.45) is 5.92 Å². The highest BCUT2D eigenvalue weighted by Gasteiger charge is 2.14. The number of nitrogens with one attached hydrogen (secondary N) is 1. The summed E-state index contributed by atoms with van der Waals surface area (Å²) in [5.74, 6) is -0.499. The van der Waals surface area contributed by atoms with Crippen molar-refractivity contribution >= 4 is 16.0 Å². The summed E-state index contributed by atoms with van der Waals surface area (Å²) >= 11 is 0. The second-order valence-corrected chi connectivity index (χ2v) is 5.15. The summed E-state index contributed by atoms with van der Waals surface area (Å²) in [6.07, 6.45) is 0. The molecule has 0 saturated heterocycles. The van der Waals surface area contributed by atoms with Crippen LogP contribution in [0.3, 0.4) is 0 Å². The van der Waals surface area contributed by atoms with Crippen molar-refractivity contribution in [3.05, 3.63) is 0 Å². The lowest BCUT2D eigenvalue weighted by Crippen LogP contribution is -2.33. The molecular weight excluding hydrogens is 206 g/mol. The number of hydrogen-bond acceptors (Lipinski definition) is 4. The minimum atomic E-state index is -3.35. The molecule has 0 spiro atoms. The summed E-state index contributed by atoms with van der Waals surface area (Å²) in [6.45, 7) is 5.22. The van der Waals surface area contributed by atoms with Crippen molar-refractivity contribution in [3.8, 4) is 0 Å². The highest BCUT2D eigenvalue weighted by molar-refractivity contribution is 7.89. The van der Waals surface area contributed by atoms with Crippen LogP contribution in [0.2, 0.25) is 0 Å². The van der Waals surface area contributed by atoms with Crippen LogP contribution in [0.15, 0.2) is 0 Å². The number of sulfonamides is 1. The minimum absolute atomic E-state index is 0.0202. The van der Waals surface area contributed by atoms with Gasteiger partial charge in [-0.3, -0.25) is 4.79 Å². The molecule has 0 aliphatic rings. The van der Waals surface area contributed by atoms with Crippen LogP contribution < -0.4 is 4.72 Å². The maximum absolute atomic E-state index is 11.2. The van der Waals surface area contributed by atoms with E-state index in [9.17, 15) is 13.2 Å². The molecule has 0 aromatic rings. The monoisotopic (exact) mass is 223 g/mol. The lowest BCUT2D eigenvalue weighted by atomic mass is 10.3. The lowest BCUT2D eigenvalue weighted by molar-refractivity contribution is -0.141. The molecule has 0 bridgehead atoms. The molecule has 0 heterocycles. The fourth-order valence-corrected chi connectivity index (χ4v) is 2.21. The molecule has 0 unspecified atom stereocenters. The molecule has 0 fully saturated rings. The number of esters is 1. The van der Waals surface area contributed by atoms with Gasteiger partial charge in [0.05, 0.1) is 12.4 Å². The molecule has 84 valence electrons. The van der Waals surface area contributed by atoms with E-state index in [1.165, 1.54) is 0 Å². The molecule has 0 aliphatic heterocycles. The van der Waals surface area contributed by atoms with Crippen LogP contribution in [0.25, 0.3) is 0 Å². The number of ether oxygens (including phenoxy) is 1. The van der Waals surface area contributed by atoms with E-state index in [0.717, 1.165) is 0 Å². The van der Waals surface area contributed by atoms with Gasteiger partial charge in [-0.15, -0.1) is 0 Å². The molecule has 6 heteroatoms. The van der Waals surface area contributed by atoms with Gasteiger partial charge in [0.2, 0.25) is 10.0 Å². The predicted octanol–water partition coefficient (Wildman–Crippen LogP) is 0.125. The first-order chi connectivity index (χ1) is 6.37. The average molecular weight is 223 g/mol. The van der Waals surface area contributed by atoms with Gasteiger partial charge in [0, 0.05) is 0 Å². The molecule has 0 radical (unpaired) electrons. The summed E-state index contributed by atoms with van der Waals surface area (Å²) in [7, 11) is -3.35. The maximum Gasteiger partial charge on any atom is 0.320 e. The first-order valence-corrected chi connectivity index (χ1v) is 6.15. The van der Waals surface area contributed by atoms with Crippen LogP contribution >= 0.6 is 0 Å². The molecule has 0 aromatic carbocycles. The smallest absolute Gasteiger partial charge is 0.320 e. The molecule has 0 amide bonds. The molecule has 0 aliphatic carbocycles. The second-order valence-electron chi connectivity index (χ2n) is 3.30. The normalized spacial score (nSPS) is 11.7. The van der Waals surface area contributed by atoms with Crippen LogP contribution in [0, 0.1) is 5.92 Å². The van der Waals surface area contributed by atoms with E-state index in [-0.39, 0.29) is 24.8 Å². The highest BCUT2D eigenvalue weighted by atomic mass is 32.2. The summed E-state index contributed by atoms with van der Waals surface area (Å²) in [4.78, 5) is 10.8. The Bertz CT molecular complexity index is 271. The Morgan fingerprint density at radius 1 is 1.43 bits per heavy atom. The molecule has 0 rings (SSSR count). The number of carbonyl (C=O) groups excluding carboxylic acids is 1. The van der Waals surface area contributed by atoms with Gasteiger partial charge in [0.25, 0.3) is 0 Å². The maximum atomic E-state index is 11.2. The van der Waals surface area contributed by atoms with Gasteiger partial charge in [-0.25, -0.2) is 13.1 Å². The second kappa shape index (κ2) is 5.98. The minimum Gasteiger partial charge on any atom is -0.465 e.